The summed E-state index contributed by atoms with van der Waals surface area (Å²) in [5.41, 5.74) is -0.946. The topological polar surface area (TPSA) is 75.6 Å². The molecule has 0 aromatic rings. The molecule has 0 heterocycles. The third-order valence-corrected chi connectivity index (χ3v) is 3.12. The Balaban J connectivity index is 4.23. The van der Waals surface area contributed by atoms with Gasteiger partial charge in [0.25, 0.3) is 0 Å². The van der Waals surface area contributed by atoms with E-state index in [2.05, 4.69) is 9.46 Å². The van der Waals surface area contributed by atoms with Crippen LogP contribution in [0.1, 0.15) is 20.3 Å². The molecule has 0 saturated carbocycles. The van der Waals surface area contributed by atoms with E-state index in [1.54, 1.807) is 6.92 Å². The smallest absolute Gasteiger partial charge is 0.240 e. The van der Waals surface area contributed by atoms with Crippen LogP contribution in [0.5, 0.6) is 0 Å². The normalized spacial score (nSPS) is 17.3. The van der Waals surface area contributed by atoms with E-state index < -0.39 is 21.7 Å². The Hall–Kier alpha value is -0.170. The second kappa shape index (κ2) is 4.76. The molecule has 0 aliphatic carbocycles. The van der Waals surface area contributed by atoms with Gasteiger partial charge in [-0.05, 0) is 13.3 Å². The molecule has 0 saturated heterocycles. The van der Waals surface area contributed by atoms with Crippen LogP contribution < -0.4 is 4.72 Å². The second-order valence-corrected chi connectivity index (χ2v) is 4.38. The number of ether oxygens (including phenoxy) is 1. The highest BCUT2D eigenvalue weighted by Gasteiger charge is 2.21. The van der Waals surface area contributed by atoms with Crippen LogP contribution in [0, 0.1) is 0 Å². The highest BCUT2D eigenvalue weighted by Crippen LogP contribution is 2.00. The molecule has 0 radical (unpaired) electrons. The van der Waals surface area contributed by atoms with E-state index in [1.807, 2.05) is 0 Å². The Morgan fingerprint density at radius 1 is 1.58 bits per heavy atom. The molecule has 0 amide bonds. The molecule has 0 aliphatic rings. The third kappa shape index (κ3) is 3.48. The van der Waals surface area contributed by atoms with Crippen LogP contribution in [-0.4, -0.2) is 32.3 Å². The molecule has 74 valence electrons. The van der Waals surface area contributed by atoms with Gasteiger partial charge in [0.2, 0.25) is 10.0 Å². The summed E-state index contributed by atoms with van der Waals surface area (Å²) in [5.74, 6) is 0. The van der Waals surface area contributed by atoms with E-state index in [-0.39, 0.29) is 0 Å². The van der Waals surface area contributed by atoms with Crippen LogP contribution in [-0.2, 0) is 14.8 Å². The van der Waals surface area contributed by atoms with Gasteiger partial charge in [-0.25, -0.2) is 8.42 Å². The largest absolute Gasteiger partial charge is 0.378 e. The summed E-state index contributed by atoms with van der Waals surface area (Å²) in [6.07, 6.45) is -0.706. The van der Waals surface area contributed by atoms with Crippen molar-refractivity contribution >= 4 is 10.0 Å². The van der Waals surface area contributed by atoms with E-state index in [1.165, 1.54) is 14.0 Å². The van der Waals surface area contributed by atoms with Crippen molar-refractivity contribution in [2.75, 3.05) is 7.11 Å². The minimum Gasteiger partial charge on any atom is -0.378 e. The van der Waals surface area contributed by atoms with Crippen LogP contribution in [0.4, 0.5) is 0 Å². The number of sulfonamides is 1. The van der Waals surface area contributed by atoms with Gasteiger partial charge in [0.1, 0.15) is 6.23 Å². The molecule has 0 bridgehead atoms. The fourth-order valence-electron chi connectivity index (χ4n) is 0.495. The zero-order chi connectivity index (χ0) is 9.78. The Bertz CT molecular complexity index is 214. The Morgan fingerprint density at radius 3 is 2.42 bits per heavy atom. The van der Waals surface area contributed by atoms with Crippen LogP contribution in [0.3, 0.4) is 0 Å². The number of rotatable bonds is 5. The van der Waals surface area contributed by atoms with Crippen molar-refractivity contribution < 1.29 is 18.3 Å². The monoisotopic (exact) mass is 197 g/mol. The Labute approximate surface area is 72.8 Å². The maximum absolute atomic E-state index is 11.1. The lowest BCUT2D eigenvalue weighted by molar-refractivity contribution is 0.146. The lowest BCUT2D eigenvalue weighted by Crippen LogP contribution is -2.40. The van der Waals surface area contributed by atoms with Crippen molar-refractivity contribution in [2.45, 2.75) is 31.9 Å². The summed E-state index contributed by atoms with van der Waals surface area (Å²) in [4.78, 5) is 0. The minimum atomic E-state index is -3.54. The number of nitrogens with one attached hydrogen (secondary N) is 1. The van der Waals surface area contributed by atoms with Crippen molar-refractivity contribution in [2.24, 2.45) is 0 Å². The lowest BCUT2D eigenvalue weighted by atomic mass is 10.5. The SMILES string of the molecule is CCC(O)NS(=O)(=O)C(C)OC. The molecule has 6 heteroatoms. The average molecular weight is 197 g/mol. The van der Waals surface area contributed by atoms with Gasteiger partial charge in [0.05, 0.1) is 0 Å². The van der Waals surface area contributed by atoms with Crippen molar-refractivity contribution in [3.8, 4) is 0 Å². The van der Waals surface area contributed by atoms with Crippen molar-refractivity contribution in [3.05, 3.63) is 0 Å². The van der Waals surface area contributed by atoms with E-state index in [0.29, 0.717) is 6.42 Å². The summed E-state index contributed by atoms with van der Waals surface area (Å²) in [6.45, 7) is 3.06. The first-order chi connectivity index (χ1) is 5.44. The van der Waals surface area contributed by atoms with Crippen LogP contribution in [0.25, 0.3) is 0 Å². The second-order valence-electron chi connectivity index (χ2n) is 2.39. The van der Waals surface area contributed by atoms with Gasteiger partial charge in [0.15, 0.2) is 5.44 Å². The molecule has 12 heavy (non-hydrogen) atoms. The van der Waals surface area contributed by atoms with Gasteiger partial charge in [-0.1, -0.05) is 6.92 Å². The summed E-state index contributed by atoms with van der Waals surface area (Å²) < 4.78 is 28.9. The van der Waals surface area contributed by atoms with Gasteiger partial charge < -0.3 is 9.84 Å². The third-order valence-electron chi connectivity index (χ3n) is 1.46. The summed E-state index contributed by atoms with van der Waals surface area (Å²) in [5, 5.41) is 8.99. The Kier molecular flexibility index (Phi) is 4.69. The van der Waals surface area contributed by atoms with Crippen molar-refractivity contribution in [1.82, 2.24) is 4.72 Å². The number of hydrogen-bond acceptors (Lipinski definition) is 4. The lowest BCUT2D eigenvalue weighted by Gasteiger charge is -2.15. The van der Waals surface area contributed by atoms with E-state index in [4.69, 9.17) is 5.11 Å². The number of hydrogen-bond donors (Lipinski definition) is 2. The minimum absolute atomic E-state index is 0.329. The van der Waals surface area contributed by atoms with E-state index in [9.17, 15) is 8.42 Å². The highest BCUT2D eigenvalue weighted by atomic mass is 32.2. The van der Waals surface area contributed by atoms with Gasteiger partial charge in [-0.3, -0.25) is 0 Å². The zero-order valence-electron chi connectivity index (χ0n) is 7.44. The van der Waals surface area contributed by atoms with Crippen molar-refractivity contribution in [3.63, 3.8) is 0 Å². The number of methoxy groups -OCH3 is 1. The number of aliphatic hydroxyl groups is 1. The molecule has 0 aliphatic heterocycles. The highest BCUT2D eigenvalue weighted by molar-refractivity contribution is 7.89. The zero-order valence-corrected chi connectivity index (χ0v) is 8.26. The average Bonchev–Trinajstić information content (AvgIpc) is 2.02. The Morgan fingerprint density at radius 2 is 2.08 bits per heavy atom. The molecule has 0 fully saturated rings. The molecule has 2 N–H and O–H groups in total. The van der Waals surface area contributed by atoms with Gasteiger partial charge in [-0.15, -0.1) is 0 Å². The molecule has 0 aromatic carbocycles. The summed E-state index contributed by atoms with van der Waals surface area (Å²) >= 11 is 0. The predicted octanol–water partition coefficient (Wildman–Crippen LogP) is -0.373. The van der Waals surface area contributed by atoms with Crippen LogP contribution in [0.2, 0.25) is 0 Å². The quantitative estimate of drug-likeness (QED) is 0.589. The molecule has 0 aromatic heterocycles. The molecule has 5 nitrogen and oxygen atoms in total. The van der Waals surface area contributed by atoms with Gasteiger partial charge >= 0.3 is 0 Å². The van der Waals surface area contributed by atoms with Gasteiger partial charge in [-0.2, -0.15) is 4.72 Å². The van der Waals surface area contributed by atoms with Crippen LogP contribution >= 0.6 is 0 Å². The first-order valence-electron chi connectivity index (χ1n) is 3.66. The maximum atomic E-state index is 11.1. The molecular weight excluding hydrogens is 182 g/mol. The van der Waals surface area contributed by atoms with E-state index in [0.717, 1.165) is 0 Å². The van der Waals surface area contributed by atoms with Crippen LogP contribution in [0.15, 0.2) is 0 Å². The molecule has 2 atom stereocenters. The standard InChI is InChI=1S/C6H15NO4S/c1-4-6(8)7-12(9,10)5(2)11-3/h5-8H,4H2,1-3H3. The van der Waals surface area contributed by atoms with Gasteiger partial charge in [0, 0.05) is 7.11 Å². The molecular formula is C6H15NO4S. The fourth-order valence-corrected chi connectivity index (χ4v) is 1.49. The van der Waals surface area contributed by atoms with Crippen molar-refractivity contribution in [1.29, 1.82) is 0 Å². The maximum Gasteiger partial charge on any atom is 0.240 e. The van der Waals surface area contributed by atoms with E-state index >= 15 is 0 Å². The first kappa shape index (κ1) is 11.8. The summed E-state index contributed by atoms with van der Waals surface area (Å²) in [6, 6.07) is 0. The fraction of sp³-hybridized carbons (Fsp3) is 1.00. The summed E-state index contributed by atoms with van der Waals surface area (Å²) in [7, 11) is -2.25. The first-order valence-corrected chi connectivity index (χ1v) is 5.20. The predicted molar refractivity (Wildman–Crippen MR) is 44.8 cm³/mol. The molecule has 0 spiro atoms. The molecule has 2 unspecified atom stereocenters. The molecule has 0 rings (SSSR count). The number of aliphatic hydroxyl groups excluding tert-OH is 1.